The van der Waals surface area contributed by atoms with Crippen LogP contribution in [0.1, 0.15) is 57.0 Å². The number of nitrogens with one attached hydrogen (secondary N) is 1. The molecule has 0 bridgehead atoms. The van der Waals surface area contributed by atoms with Crippen LogP contribution in [0.15, 0.2) is 58.7 Å². The Labute approximate surface area is 193 Å². The van der Waals surface area contributed by atoms with Gasteiger partial charge >= 0.3 is 0 Å². The SMILES string of the molecule is CC(C)C1=NC2=C(C1)c1ccc(-c3ccc(-c4cnc(C(C)C)[nH]4)c4ccsc34)cc1C2. The first-order valence-corrected chi connectivity index (χ1v) is 12.4. The minimum Gasteiger partial charge on any atom is -0.342 e. The predicted octanol–water partition coefficient (Wildman–Crippen LogP) is 7.85. The summed E-state index contributed by atoms with van der Waals surface area (Å²) >= 11 is 1.82. The van der Waals surface area contributed by atoms with E-state index in [-0.39, 0.29) is 0 Å². The van der Waals surface area contributed by atoms with Crippen molar-refractivity contribution in [2.75, 3.05) is 0 Å². The molecule has 4 heteroatoms. The summed E-state index contributed by atoms with van der Waals surface area (Å²) in [5.74, 6) is 1.96. The number of nitrogens with zero attached hydrogens (tertiary/aromatic N) is 2. The van der Waals surface area contributed by atoms with Gasteiger partial charge < -0.3 is 4.98 Å². The third-order valence-electron chi connectivity index (χ3n) is 6.80. The molecule has 6 rings (SSSR count). The molecule has 2 aromatic heterocycles. The fourth-order valence-electron chi connectivity index (χ4n) is 4.97. The number of imidazole rings is 1. The number of rotatable bonds is 4. The Balaban J connectivity index is 1.38. The molecule has 2 aromatic carbocycles. The Hall–Kier alpha value is -2.98. The van der Waals surface area contributed by atoms with Crippen molar-refractivity contribution in [3.05, 3.63) is 70.6 Å². The second-order valence-electron chi connectivity index (χ2n) is 9.57. The van der Waals surface area contributed by atoms with E-state index < -0.39 is 0 Å². The number of hydrogen-bond acceptors (Lipinski definition) is 3. The highest BCUT2D eigenvalue weighted by atomic mass is 32.1. The molecule has 1 aliphatic heterocycles. The number of allylic oxidation sites excluding steroid dienone is 2. The van der Waals surface area contributed by atoms with Gasteiger partial charge in [0.05, 0.1) is 11.9 Å². The first-order valence-electron chi connectivity index (χ1n) is 11.5. The molecule has 32 heavy (non-hydrogen) atoms. The van der Waals surface area contributed by atoms with Crippen molar-refractivity contribution < 1.29 is 0 Å². The Morgan fingerprint density at radius 2 is 1.72 bits per heavy atom. The molecule has 0 amide bonds. The predicted molar refractivity (Wildman–Crippen MR) is 136 cm³/mol. The van der Waals surface area contributed by atoms with Crippen molar-refractivity contribution in [1.29, 1.82) is 0 Å². The third-order valence-corrected chi connectivity index (χ3v) is 7.75. The molecule has 0 atom stereocenters. The van der Waals surface area contributed by atoms with Gasteiger partial charge in [0, 0.05) is 45.8 Å². The molecule has 0 spiro atoms. The number of aromatic nitrogens is 2. The highest BCUT2D eigenvalue weighted by molar-refractivity contribution is 7.17. The molecule has 4 aromatic rings. The Morgan fingerprint density at radius 3 is 2.50 bits per heavy atom. The molecular formula is C28H27N3S. The van der Waals surface area contributed by atoms with E-state index in [1.807, 2.05) is 17.5 Å². The van der Waals surface area contributed by atoms with Crippen LogP contribution < -0.4 is 0 Å². The molecule has 1 N–H and O–H groups in total. The molecule has 160 valence electrons. The average Bonchev–Trinajstić information content (AvgIpc) is 3.55. The summed E-state index contributed by atoms with van der Waals surface area (Å²) in [5, 5.41) is 3.49. The summed E-state index contributed by atoms with van der Waals surface area (Å²) in [7, 11) is 0. The van der Waals surface area contributed by atoms with Crippen LogP contribution in [0.2, 0.25) is 0 Å². The molecule has 0 fully saturated rings. The molecule has 1 aliphatic carbocycles. The normalized spacial score (nSPS) is 15.2. The van der Waals surface area contributed by atoms with Gasteiger partial charge in [-0.1, -0.05) is 58.0 Å². The van der Waals surface area contributed by atoms with Crippen molar-refractivity contribution >= 4 is 32.7 Å². The lowest BCUT2D eigenvalue weighted by molar-refractivity contribution is 0.795. The Bertz CT molecular complexity index is 1430. The lowest BCUT2D eigenvalue weighted by atomic mass is 9.94. The van der Waals surface area contributed by atoms with E-state index in [4.69, 9.17) is 4.99 Å². The van der Waals surface area contributed by atoms with E-state index in [1.54, 1.807) is 0 Å². The largest absolute Gasteiger partial charge is 0.342 e. The van der Waals surface area contributed by atoms with Crippen molar-refractivity contribution in [2.45, 2.75) is 46.5 Å². The zero-order chi connectivity index (χ0) is 22.0. The van der Waals surface area contributed by atoms with Crippen molar-refractivity contribution in [2.24, 2.45) is 10.9 Å². The highest BCUT2D eigenvalue weighted by Gasteiger charge is 2.28. The van der Waals surface area contributed by atoms with Crippen molar-refractivity contribution in [3.63, 3.8) is 0 Å². The van der Waals surface area contributed by atoms with Crippen molar-refractivity contribution in [3.8, 4) is 22.4 Å². The van der Waals surface area contributed by atoms with Crippen LogP contribution in [0.5, 0.6) is 0 Å². The van der Waals surface area contributed by atoms with Gasteiger partial charge in [-0.05, 0) is 45.2 Å². The minimum atomic E-state index is 0.392. The van der Waals surface area contributed by atoms with E-state index in [0.29, 0.717) is 11.8 Å². The maximum atomic E-state index is 4.96. The van der Waals surface area contributed by atoms with E-state index in [1.165, 1.54) is 54.9 Å². The van der Waals surface area contributed by atoms with Gasteiger partial charge in [-0.25, -0.2) is 4.98 Å². The molecule has 0 unspecified atom stereocenters. The molecule has 0 saturated carbocycles. The monoisotopic (exact) mass is 437 g/mol. The first-order chi connectivity index (χ1) is 15.5. The van der Waals surface area contributed by atoms with E-state index in [2.05, 4.69) is 79.4 Å². The van der Waals surface area contributed by atoms with Gasteiger partial charge in [-0.2, -0.15) is 0 Å². The maximum absolute atomic E-state index is 4.96. The third kappa shape index (κ3) is 3.01. The Morgan fingerprint density at radius 1 is 0.906 bits per heavy atom. The topological polar surface area (TPSA) is 41.0 Å². The zero-order valence-electron chi connectivity index (χ0n) is 19.0. The van der Waals surface area contributed by atoms with E-state index in [0.717, 1.165) is 24.4 Å². The molecule has 3 nitrogen and oxygen atoms in total. The van der Waals surface area contributed by atoms with E-state index >= 15 is 0 Å². The van der Waals surface area contributed by atoms with Gasteiger partial charge in [-0.15, -0.1) is 11.3 Å². The highest BCUT2D eigenvalue weighted by Crippen LogP contribution is 2.44. The number of hydrogen-bond donors (Lipinski definition) is 1. The smallest absolute Gasteiger partial charge is 0.109 e. The molecule has 2 aliphatic rings. The summed E-state index contributed by atoms with van der Waals surface area (Å²) < 4.78 is 1.33. The number of fused-ring (bicyclic) bond motifs is 3. The first kappa shape index (κ1) is 19.7. The van der Waals surface area contributed by atoms with Gasteiger partial charge in [0.1, 0.15) is 5.82 Å². The Kier molecular flexibility index (Phi) is 4.48. The van der Waals surface area contributed by atoms with Crippen LogP contribution in [0.4, 0.5) is 0 Å². The number of thiophene rings is 1. The number of aromatic amines is 1. The fourth-order valence-corrected chi connectivity index (χ4v) is 5.93. The van der Waals surface area contributed by atoms with E-state index in [9.17, 15) is 0 Å². The summed E-state index contributed by atoms with van der Waals surface area (Å²) in [6, 6.07) is 13.8. The summed E-state index contributed by atoms with van der Waals surface area (Å²) in [4.78, 5) is 13.0. The van der Waals surface area contributed by atoms with Gasteiger partial charge in [-0.3, -0.25) is 4.99 Å². The summed E-state index contributed by atoms with van der Waals surface area (Å²) in [6.07, 6.45) is 3.95. The fraction of sp³-hybridized carbons (Fsp3) is 0.286. The lowest BCUT2D eigenvalue weighted by Gasteiger charge is -2.12. The summed E-state index contributed by atoms with van der Waals surface area (Å²) in [6.45, 7) is 8.82. The molecule has 0 radical (unpaired) electrons. The van der Waals surface area contributed by atoms with Crippen LogP contribution in [0.25, 0.3) is 38.0 Å². The average molecular weight is 438 g/mol. The van der Waals surface area contributed by atoms with Crippen LogP contribution in [0.3, 0.4) is 0 Å². The minimum absolute atomic E-state index is 0.392. The lowest BCUT2D eigenvalue weighted by Crippen LogP contribution is -2.05. The van der Waals surface area contributed by atoms with Crippen LogP contribution in [0, 0.1) is 5.92 Å². The van der Waals surface area contributed by atoms with Gasteiger partial charge in [0.25, 0.3) is 0 Å². The van der Waals surface area contributed by atoms with Crippen LogP contribution >= 0.6 is 11.3 Å². The van der Waals surface area contributed by atoms with Gasteiger partial charge in [0.2, 0.25) is 0 Å². The van der Waals surface area contributed by atoms with Crippen LogP contribution in [-0.2, 0) is 6.42 Å². The maximum Gasteiger partial charge on any atom is 0.109 e. The second kappa shape index (κ2) is 7.28. The number of H-pyrrole nitrogens is 1. The molecule has 0 saturated heterocycles. The second-order valence-corrected chi connectivity index (χ2v) is 10.5. The zero-order valence-corrected chi connectivity index (χ0v) is 19.8. The number of benzene rings is 2. The molecular weight excluding hydrogens is 410 g/mol. The van der Waals surface area contributed by atoms with Crippen LogP contribution in [-0.4, -0.2) is 15.7 Å². The molecule has 3 heterocycles. The standard InChI is InChI=1S/C28H27N3S/c1-15(2)24-13-23-19-6-5-17(11-18(19)12-25(23)30-24)20-7-8-21(22-9-10-32-27(20)22)26-14-29-28(31-26)16(3)4/h5-11,14-16H,12-13H2,1-4H3,(H,29,31). The van der Waals surface area contributed by atoms with Gasteiger partial charge in [0.15, 0.2) is 0 Å². The summed E-state index contributed by atoms with van der Waals surface area (Å²) in [5.41, 5.74) is 11.8. The van der Waals surface area contributed by atoms with Crippen molar-refractivity contribution in [1.82, 2.24) is 9.97 Å². The quantitative estimate of drug-likeness (QED) is 0.347. The number of aliphatic imine (C=N–C) groups is 1.